The Labute approximate surface area is 178 Å². The smallest absolute Gasteiger partial charge is 0.258 e. The number of fused-ring (bicyclic) bond motifs is 1. The van der Waals surface area contributed by atoms with Crippen molar-refractivity contribution in [3.63, 3.8) is 0 Å². The van der Waals surface area contributed by atoms with Gasteiger partial charge < -0.3 is 15.0 Å². The summed E-state index contributed by atoms with van der Waals surface area (Å²) in [4.78, 5) is 28.1. The summed E-state index contributed by atoms with van der Waals surface area (Å²) in [6.07, 6.45) is 3.94. The van der Waals surface area contributed by atoms with Gasteiger partial charge in [-0.2, -0.15) is 0 Å². The summed E-state index contributed by atoms with van der Waals surface area (Å²) in [6.45, 7) is 6.95. The van der Waals surface area contributed by atoms with Gasteiger partial charge in [0.15, 0.2) is 0 Å². The highest BCUT2D eigenvalue weighted by Crippen LogP contribution is 2.42. The van der Waals surface area contributed by atoms with Crippen molar-refractivity contribution in [2.75, 3.05) is 18.6 Å². The molecule has 0 aromatic heterocycles. The maximum atomic E-state index is 13.6. The lowest BCUT2D eigenvalue weighted by atomic mass is 9.71. The lowest BCUT2D eigenvalue weighted by molar-refractivity contribution is 0.0944. The molecule has 1 heterocycles. The molecule has 0 atom stereocenters. The highest BCUT2D eigenvalue weighted by Gasteiger charge is 2.42. The van der Waals surface area contributed by atoms with Crippen LogP contribution in [0.2, 0.25) is 0 Å². The van der Waals surface area contributed by atoms with E-state index in [4.69, 9.17) is 4.74 Å². The number of carbonyl (C=O) groups is 2. The van der Waals surface area contributed by atoms with Crippen molar-refractivity contribution in [1.82, 2.24) is 5.32 Å². The molecular weight excluding hydrogens is 376 g/mol. The van der Waals surface area contributed by atoms with Gasteiger partial charge in [-0.3, -0.25) is 9.59 Å². The Morgan fingerprint density at radius 2 is 1.90 bits per heavy atom. The summed E-state index contributed by atoms with van der Waals surface area (Å²) >= 11 is 0. The summed E-state index contributed by atoms with van der Waals surface area (Å²) < 4.78 is 5.40. The number of carbonyl (C=O) groups excluding carboxylic acids is 2. The highest BCUT2D eigenvalue weighted by molar-refractivity contribution is 6.10. The van der Waals surface area contributed by atoms with Gasteiger partial charge in [0.05, 0.1) is 7.11 Å². The molecule has 1 N–H and O–H groups in total. The number of rotatable bonds is 6. The first-order valence-electron chi connectivity index (χ1n) is 10.8. The third-order valence-corrected chi connectivity index (χ3v) is 6.76. The third kappa shape index (κ3) is 3.47. The fraction of sp³-hybridized carbons (Fsp3) is 0.440. The van der Waals surface area contributed by atoms with Crippen LogP contribution in [0.25, 0.3) is 0 Å². The Bertz CT molecular complexity index is 990. The molecule has 4 rings (SSSR count). The van der Waals surface area contributed by atoms with Crippen LogP contribution in [0.1, 0.15) is 71.4 Å². The first-order valence-corrected chi connectivity index (χ1v) is 10.8. The molecule has 30 heavy (non-hydrogen) atoms. The summed E-state index contributed by atoms with van der Waals surface area (Å²) in [5, 5.41) is 3.04. The molecular formula is C25H30N2O3. The number of ether oxygens (including phenoxy) is 1. The number of hydrogen-bond acceptors (Lipinski definition) is 3. The molecule has 2 amide bonds. The third-order valence-electron chi connectivity index (χ3n) is 6.76. The van der Waals surface area contributed by atoms with Crippen molar-refractivity contribution in [3.05, 3.63) is 58.7 Å². The van der Waals surface area contributed by atoms with E-state index in [0.717, 1.165) is 42.5 Å². The molecule has 158 valence electrons. The number of amides is 2. The van der Waals surface area contributed by atoms with Gasteiger partial charge in [0.2, 0.25) is 0 Å². The summed E-state index contributed by atoms with van der Waals surface area (Å²) in [6, 6.07) is 11.8. The Morgan fingerprint density at radius 1 is 1.17 bits per heavy atom. The van der Waals surface area contributed by atoms with Crippen LogP contribution in [0.3, 0.4) is 0 Å². The van der Waals surface area contributed by atoms with Crippen molar-refractivity contribution in [2.45, 2.75) is 57.9 Å². The first-order chi connectivity index (χ1) is 14.4. The van der Waals surface area contributed by atoms with Crippen LogP contribution in [0, 0.1) is 6.92 Å². The van der Waals surface area contributed by atoms with Crippen molar-refractivity contribution in [2.24, 2.45) is 0 Å². The molecule has 1 aliphatic carbocycles. The molecule has 0 bridgehead atoms. The highest BCUT2D eigenvalue weighted by atomic mass is 16.5. The predicted octanol–water partition coefficient (Wildman–Crippen LogP) is 4.61. The van der Waals surface area contributed by atoms with Crippen molar-refractivity contribution in [3.8, 4) is 5.75 Å². The quantitative estimate of drug-likeness (QED) is 0.762. The van der Waals surface area contributed by atoms with Crippen LogP contribution < -0.4 is 15.0 Å². The normalized spacial score (nSPS) is 17.5. The standard InChI is InChI=1S/C25H30N2O3/c1-5-25(6-2)15-27(24(29)20-14-19(30-4)11-12-21(20)25)22-13-17(8-7-16(22)3)23(28)26-18-9-10-18/h7-8,11-14,18H,5-6,9-10,15H2,1-4H3,(H,26,28). The number of nitrogens with one attached hydrogen (secondary N) is 1. The minimum atomic E-state index is -0.131. The monoisotopic (exact) mass is 406 g/mol. The number of benzene rings is 2. The Morgan fingerprint density at radius 3 is 2.53 bits per heavy atom. The Hall–Kier alpha value is -2.82. The SMILES string of the molecule is CCC1(CC)CN(c2cc(C(=O)NC3CC3)ccc2C)C(=O)c2cc(OC)ccc21. The van der Waals surface area contributed by atoms with Crippen LogP contribution in [0.4, 0.5) is 5.69 Å². The van der Waals surface area contributed by atoms with Gasteiger partial charge in [-0.1, -0.05) is 26.0 Å². The molecule has 2 aromatic carbocycles. The van der Waals surface area contributed by atoms with E-state index in [-0.39, 0.29) is 17.2 Å². The molecule has 1 saturated carbocycles. The molecule has 0 radical (unpaired) electrons. The second-order valence-electron chi connectivity index (χ2n) is 8.54. The van der Waals surface area contributed by atoms with Gasteiger partial charge in [0.25, 0.3) is 11.8 Å². The zero-order valence-corrected chi connectivity index (χ0v) is 18.2. The van der Waals surface area contributed by atoms with Crippen LogP contribution in [0.5, 0.6) is 5.75 Å². The van der Waals surface area contributed by atoms with E-state index < -0.39 is 0 Å². The van der Waals surface area contributed by atoms with Gasteiger partial charge in [-0.25, -0.2) is 0 Å². The number of methoxy groups -OCH3 is 1. The fourth-order valence-corrected chi connectivity index (χ4v) is 4.48. The minimum Gasteiger partial charge on any atom is -0.497 e. The van der Waals surface area contributed by atoms with Gasteiger partial charge in [-0.05, 0) is 68.0 Å². The zero-order chi connectivity index (χ0) is 21.5. The number of anilines is 1. The molecule has 5 heteroatoms. The number of aryl methyl sites for hydroxylation is 1. The average molecular weight is 407 g/mol. The molecule has 0 saturated heterocycles. The fourth-order valence-electron chi connectivity index (χ4n) is 4.48. The average Bonchev–Trinajstić information content (AvgIpc) is 3.59. The van der Waals surface area contributed by atoms with Crippen LogP contribution in [-0.4, -0.2) is 31.5 Å². The van der Waals surface area contributed by atoms with Crippen LogP contribution in [0.15, 0.2) is 36.4 Å². The second-order valence-corrected chi connectivity index (χ2v) is 8.54. The maximum absolute atomic E-state index is 13.6. The summed E-state index contributed by atoms with van der Waals surface area (Å²) in [5.74, 6) is 0.575. The maximum Gasteiger partial charge on any atom is 0.258 e. The minimum absolute atomic E-state index is 0.0377. The lowest BCUT2D eigenvalue weighted by Crippen LogP contribution is -2.49. The van der Waals surface area contributed by atoms with E-state index in [1.165, 1.54) is 0 Å². The molecule has 0 spiro atoms. The Balaban J connectivity index is 1.79. The van der Waals surface area contributed by atoms with E-state index in [9.17, 15) is 9.59 Å². The number of hydrogen-bond donors (Lipinski definition) is 1. The largest absolute Gasteiger partial charge is 0.497 e. The van der Waals surface area contributed by atoms with E-state index >= 15 is 0 Å². The van der Waals surface area contributed by atoms with Crippen molar-refractivity contribution in [1.29, 1.82) is 0 Å². The second kappa shape index (κ2) is 7.78. The van der Waals surface area contributed by atoms with Crippen LogP contribution >= 0.6 is 0 Å². The summed E-state index contributed by atoms with van der Waals surface area (Å²) in [7, 11) is 1.62. The molecule has 1 fully saturated rings. The van der Waals surface area contributed by atoms with E-state index in [0.29, 0.717) is 29.5 Å². The molecule has 5 nitrogen and oxygen atoms in total. The topological polar surface area (TPSA) is 58.6 Å². The van der Waals surface area contributed by atoms with Gasteiger partial charge >= 0.3 is 0 Å². The van der Waals surface area contributed by atoms with Crippen LogP contribution in [-0.2, 0) is 5.41 Å². The molecule has 1 aliphatic heterocycles. The van der Waals surface area contributed by atoms with Gasteiger partial charge in [-0.15, -0.1) is 0 Å². The summed E-state index contributed by atoms with van der Waals surface area (Å²) in [5.41, 5.74) is 4.05. The van der Waals surface area contributed by atoms with Crippen molar-refractivity contribution >= 4 is 17.5 Å². The van der Waals surface area contributed by atoms with Gasteiger partial charge in [0, 0.05) is 34.8 Å². The zero-order valence-electron chi connectivity index (χ0n) is 18.2. The number of nitrogens with zero attached hydrogens (tertiary/aromatic N) is 1. The van der Waals surface area contributed by atoms with Crippen molar-refractivity contribution < 1.29 is 14.3 Å². The van der Waals surface area contributed by atoms with E-state index in [2.05, 4.69) is 19.2 Å². The lowest BCUT2D eigenvalue weighted by Gasteiger charge is -2.43. The van der Waals surface area contributed by atoms with E-state index in [1.54, 1.807) is 7.11 Å². The Kier molecular flexibility index (Phi) is 5.31. The molecule has 2 aromatic rings. The van der Waals surface area contributed by atoms with Gasteiger partial charge in [0.1, 0.15) is 5.75 Å². The van der Waals surface area contributed by atoms with E-state index in [1.807, 2.05) is 48.2 Å². The molecule has 2 aliphatic rings. The predicted molar refractivity (Wildman–Crippen MR) is 119 cm³/mol. The molecule has 0 unspecified atom stereocenters. The first kappa shape index (κ1) is 20.5.